The molecule has 2 heterocycles. The Kier molecular flexibility index (Phi) is 5.15. The van der Waals surface area contributed by atoms with Crippen LogP contribution in [0.2, 0.25) is 5.02 Å². The molecule has 1 amide bonds. The second kappa shape index (κ2) is 7.13. The number of sulfonamides is 1. The maximum absolute atomic E-state index is 13.1. The molecule has 1 saturated heterocycles. The number of carbonyl (C=O) groups is 1. The number of halogens is 4. The highest BCUT2D eigenvalue weighted by Crippen LogP contribution is 2.37. The van der Waals surface area contributed by atoms with Gasteiger partial charge in [-0.2, -0.15) is 13.2 Å². The molecular weight excluding hydrogens is 423 g/mol. The van der Waals surface area contributed by atoms with E-state index in [1.165, 1.54) is 42.6 Å². The Morgan fingerprint density at radius 3 is 2.57 bits per heavy atom. The Hall–Kier alpha value is -2.53. The van der Waals surface area contributed by atoms with Crippen molar-refractivity contribution in [2.45, 2.75) is 30.1 Å². The highest BCUT2D eigenvalue weighted by molar-refractivity contribution is 7.92. The number of rotatable bonds is 4. The first-order valence-electron chi connectivity index (χ1n) is 7.80. The Balaban J connectivity index is 1.97. The van der Waals surface area contributed by atoms with Gasteiger partial charge in [0.25, 0.3) is 10.0 Å². The molecule has 0 saturated carbocycles. The average molecular weight is 436 g/mol. The van der Waals surface area contributed by atoms with Crippen LogP contribution < -0.4 is 9.62 Å². The summed E-state index contributed by atoms with van der Waals surface area (Å²) in [6, 6.07) is 6.59. The number of nitrogens with zero attached hydrogens (tertiary/aromatic N) is 2. The molecule has 3 rings (SSSR count). The summed E-state index contributed by atoms with van der Waals surface area (Å²) < 4.78 is 71.0. The molecule has 0 aliphatic carbocycles. The molecule has 150 valence electrons. The second-order valence-corrected chi connectivity index (χ2v) is 8.01. The third-order valence-electron chi connectivity index (χ3n) is 3.96. The summed E-state index contributed by atoms with van der Waals surface area (Å²) in [7, 11) is -4.14. The van der Waals surface area contributed by atoms with Crippen molar-refractivity contribution < 1.29 is 31.1 Å². The molecule has 0 spiro atoms. The molecule has 1 aromatic heterocycles. The number of amides is 1. The summed E-state index contributed by atoms with van der Waals surface area (Å²) in [6.45, 7) is 1.13. The summed E-state index contributed by atoms with van der Waals surface area (Å²) in [5, 5.41) is 0.180. The van der Waals surface area contributed by atoms with Crippen molar-refractivity contribution in [3.05, 3.63) is 47.6 Å². The number of aromatic nitrogens is 1. The minimum atomic E-state index is -4.78. The van der Waals surface area contributed by atoms with Gasteiger partial charge in [-0.3, -0.25) is 9.62 Å². The molecule has 2 atom stereocenters. The minimum Gasteiger partial charge on any atom is -0.434 e. The van der Waals surface area contributed by atoms with Crippen LogP contribution in [0.1, 0.15) is 6.92 Å². The quantitative estimate of drug-likeness (QED) is 0.788. The van der Waals surface area contributed by atoms with Crippen molar-refractivity contribution in [1.82, 2.24) is 4.98 Å². The van der Waals surface area contributed by atoms with Gasteiger partial charge in [-0.05, 0) is 37.3 Å². The first-order valence-corrected chi connectivity index (χ1v) is 9.67. The van der Waals surface area contributed by atoms with Gasteiger partial charge in [-0.15, -0.1) is 0 Å². The van der Waals surface area contributed by atoms with Crippen molar-refractivity contribution in [2.24, 2.45) is 0 Å². The molecule has 1 aromatic carbocycles. The van der Waals surface area contributed by atoms with E-state index in [9.17, 15) is 26.4 Å². The highest BCUT2D eigenvalue weighted by Gasteiger charge is 2.55. The maximum atomic E-state index is 13.1. The van der Waals surface area contributed by atoms with Crippen LogP contribution in [0.5, 0.6) is 0 Å². The van der Waals surface area contributed by atoms with Gasteiger partial charge in [-0.25, -0.2) is 18.2 Å². The van der Waals surface area contributed by atoms with Crippen LogP contribution in [0, 0.1) is 0 Å². The van der Waals surface area contributed by atoms with Crippen LogP contribution >= 0.6 is 11.6 Å². The number of carbonyl (C=O) groups excluding carboxylic acids is 1. The number of cyclic esters (lactones) is 1. The van der Waals surface area contributed by atoms with E-state index in [0.29, 0.717) is 4.90 Å². The summed E-state index contributed by atoms with van der Waals surface area (Å²) in [4.78, 5) is 16.4. The lowest BCUT2D eigenvalue weighted by Crippen LogP contribution is -2.41. The lowest BCUT2D eigenvalue weighted by Gasteiger charge is -2.23. The molecule has 1 fully saturated rings. The van der Waals surface area contributed by atoms with E-state index in [-0.39, 0.29) is 21.4 Å². The van der Waals surface area contributed by atoms with Crippen molar-refractivity contribution >= 4 is 39.2 Å². The van der Waals surface area contributed by atoms with Crippen LogP contribution in [0.25, 0.3) is 0 Å². The predicted molar refractivity (Wildman–Crippen MR) is 94.8 cm³/mol. The highest BCUT2D eigenvalue weighted by atomic mass is 35.5. The van der Waals surface area contributed by atoms with Gasteiger partial charge in [0.15, 0.2) is 5.82 Å². The number of ether oxygens (including phenoxy) is 1. The van der Waals surface area contributed by atoms with Gasteiger partial charge < -0.3 is 4.74 Å². The van der Waals surface area contributed by atoms with Gasteiger partial charge in [-0.1, -0.05) is 17.7 Å². The molecule has 0 unspecified atom stereocenters. The lowest BCUT2D eigenvalue weighted by atomic mass is 10.1. The largest absolute Gasteiger partial charge is 0.434 e. The number of hydrogen-bond acceptors (Lipinski definition) is 5. The third-order valence-corrected chi connectivity index (χ3v) is 5.56. The zero-order valence-electron chi connectivity index (χ0n) is 14.1. The van der Waals surface area contributed by atoms with Crippen molar-refractivity contribution in [1.29, 1.82) is 0 Å². The zero-order valence-corrected chi connectivity index (χ0v) is 15.7. The van der Waals surface area contributed by atoms with E-state index in [2.05, 4.69) is 14.4 Å². The van der Waals surface area contributed by atoms with Crippen LogP contribution in [0.3, 0.4) is 0 Å². The first-order chi connectivity index (χ1) is 13.0. The summed E-state index contributed by atoms with van der Waals surface area (Å²) in [6.07, 6.45) is -7.21. The normalized spacial score (nSPS) is 20.2. The number of nitrogens with one attached hydrogen (secondary N) is 1. The van der Waals surface area contributed by atoms with Crippen LogP contribution in [0.15, 0.2) is 47.5 Å². The Morgan fingerprint density at radius 2 is 1.96 bits per heavy atom. The zero-order chi connectivity index (χ0) is 20.7. The molecule has 1 N–H and O–H groups in total. The Bertz CT molecular complexity index is 1020. The Morgan fingerprint density at radius 1 is 1.25 bits per heavy atom. The Labute approximate surface area is 163 Å². The molecule has 0 bridgehead atoms. The summed E-state index contributed by atoms with van der Waals surface area (Å²) in [5.74, 6) is -0.308. The van der Waals surface area contributed by atoms with Crippen molar-refractivity contribution in [3.63, 3.8) is 0 Å². The predicted octanol–water partition coefficient (Wildman–Crippen LogP) is 3.81. The minimum absolute atomic E-state index is 0.167. The topological polar surface area (TPSA) is 88.6 Å². The van der Waals surface area contributed by atoms with E-state index in [0.717, 1.165) is 6.92 Å². The molecule has 12 heteroatoms. The van der Waals surface area contributed by atoms with E-state index < -0.39 is 34.4 Å². The fourth-order valence-corrected chi connectivity index (χ4v) is 4.05. The SMILES string of the molecule is C[C@H]1[C@@H](C(F)(F)F)OC(=O)N1c1ncccc1NS(=O)(=O)c1cccc(Cl)c1. The molecule has 2 aromatic rings. The van der Waals surface area contributed by atoms with E-state index in [1.807, 2.05) is 0 Å². The van der Waals surface area contributed by atoms with Crippen molar-refractivity contribution in [3.8, 4) is 0 Å². The average Bonchev–Trinajstić information content (AvgIpc) is 2.90. The first kappa shape index (κ1) is 20.2. The monoisotopic (exact) mass is 435 g/mol. The number of alkyl halides is 3. The van der Waals surface area contributed by atoms with E-state index in [1.54, 1.807) is 0 Å². The van der Waals surface area contributed by atoms with Crippen LogP contribution in [0.4, 0.5) is 29.5 Å². The fourth-order valence-electron chi connectivity index (χ4n) is 2.69. The number of hydrogen-bond donors (Lipinski definition) is 1. The van der Waals surface area contributed by atoms with Crippen LogP contribution in [-0.4, -0.2) is 37.8 Å². The molecule has 7 nitrogen and oxygen atoms in total. The number of pyridine rings is 1. The summed E-state index contributed by atoms with van der Waals surface area (Å²) in [5.41, 5.74) is -0.186. The number of anilines is 2. The maximum Gasteiger partial charge on any atom is 0.427 e. The fraction of sp³-hybridized carbons (Fsp3) is 0.250. The second-order valence-electron chi connectivity index (χ2n) is 5.89. The van der Waals surface area contributed by atoms with Gasteiger partial charge >= 0.3 is 12.3 Å². The standard InChI is InChI=1S/C16H13ClF3N3O4S/c1-9-13(16(18,19)20)27-15(24)23(9)14-12(6-3-7-21-14)22-28(25,26)11-5-2-4-10(17)8-11/h2-9,13,22H,1H3/t9-,13-/m0/s1. The smallest absolute Gasteiger partial charge is 0.427 e. The molecule has 1 aliphatic heterocycles. The van der Waals surface area contributed by atoms with Gasteiger partial charge in [0, 0.05) is 11.2 Å². The van der Waals surface area contributed by atoms with E-state index >= 15 is 0 Å². The molecule has 0 radical (unpaired) electrons. The number of benzene rings is 1. The van der Waals surface area contributed by atoms with Gasteiger partial charge in [0.2, 0.25) is 6.10 Å². The van der Waals surface area contributed by atoms with E-state index in [4.69, 9.17) is 11.6 Å². The molecular formula is C16H13ClF3N3O4S. The third kappa shape index (κ3) is 3.85. The van der Waals surface area contributed by atoms with Gasteiger partial charge in [0.05, 0.1) is 16.6 Å². The molecule has 1 aliphatic rings. The summed E-state index contributed by atoms with van der Waals surface area (Å²) >= 11 is 5.81. The van der Waals surface area contributed by atoms with Crippen LogP contribution in [-0.2, 0) is 14.8 Å². The molecule has 28 heavy (non-hydrogen) atoms. The van der Waals surface area contributed by atoms with Crippen molar-refractivity contribution in [2.75, 3.05) is 9.62 Å². The van der Waals surface area contributed by atoms with Gasteiger partial charge in [0.1, 0.15) is 0 Å². The lowest BCUT2D eigenvalue weighted by molar-refractivity contribution is -0.198.